The molecule has 0 spiro atoms. The number of aromatic nitrogens is 1. The Morgan fingerprint density at radius 1 is 0.756 bits per heavy atom. The zero-order valence-electron chi connectivity index (χ0n) is 28.2. The third-order valence-electron chi connectivity index (χ3n) is 7.25. The van der Waals surface area contributed by atoms with E-state index in [4.69, 9.17) is 0 Å². The normalized spacial score (nSPS) is 14.5. The summed E-state index contributed by atoms with van der Waals surface area (Å²) in [6.07, 6.45) is 5.31. The van der Waals surface area contributed by atoms with E-state index < -0.39 is 36.0 Å². The van der Waals surface area contributed by atoms with Crippen LogP contribution in [0.1, 0.15) is 97.9 Å². The summed E-state index contributed by atoms with van der Waals surface area (Å²) >= 11 is 0. The molecule has 13 heteroatoms. The number of carbonyl (C=O) groups excluding carboxylic acids is 5. The van der Waals surface area contributed by atoms with E-state index in [9.17, 15) is 29.2 Å². The van der Waals surface area contributed by atoms with Gasteiger partial charge in [0.05, 0.1) is 11.6 Å². The lowest BCUT2D eigenvalue weighted by atomic mass is 10.0. The molecule has 0 radical (unpaired) electrons. The molecule has 0 aliphatic rings. The first-order chi connectivity index (χ1) is 21.2. The Labute approximate surface area is 268 Å². The SMILES string of the molecule is CCC[C@H](NC(=O)c1cc[n+](O)cc1)C(=O)N[C@@H](CCC)C(=O)N[C@H](CN[C@@H](C)C(=O)N[C@H](C(=O)NCC)C(C)C)CC(C)C. The van der Waals surface area contributed by atoms with E-state index in [1.54, 1.807) is 6.92 Å². The second-order valence-electron chi connectivity index (χ2n) is 12.2. The van der Waals surface area contributed by atoms with Crippen LogP contribution in [0.5, 0.6) is 0 Å². The third kappa shape index (κ3) is 14.3. The predicted molar refractivity (Wildman–Crippen MR) is 171 cm³/mol. The molecule has 0 fully saturated rings. The van der Waals surface area contributed by atoms with E-state index >= 15 is 0 Å². The van der Waals surface area contributed by atoms with Gasteiger partial charge in [0.1, 0.15) is 18.1 Å². The van der Waals surface area contributed by atoms with Gasteiger partial charge in [0.25, 0.3) is 5.91 Å². The van der Waals surface area contributed by atoms with Crippen molar-refractivity contribution < 1.29 is 33.9 Å². The monoisotopic (exact) mass is 634 g/mol. The number of rotatable bonds is 20. The van der Waals surface area contributed by atoms with Gasteiger partial charge in [-0.3, -0.25) is 29.2 Å². The van der Waals surface area contributed by atoms with Crippen LogP contribution in [0, 0.1) is 11.8 Å². The molecular weight excluding hydrogens is 578 g/mol. The summed E-state index contributed by atoms with van der Waals surface area (Å²) in [6.45, 7) is 15.9. The molecule has 5 amide bonds. The molecule has 7 N–H and O–H groups in total. The maximum absolute atomic E-state index is 13.5. The molecule has 0 saturated heterocycles. The van der Waals surface area contributed by atoms with Crippen LogP contribution in [-0.2, 0) is 19.2 Å². The van der Waals surface area contributed by atoms with Gasteiger partial charge in [0.2, 0.25) is 36.0 Å². The lowest BCUT2D eigenvalue weighted by Crippen LogP contribution is -2.57. The van der Waals surface area contributed by atoms with Gasteiger partial charge in [-0.15, -0.1) is 0 Å². The van der Waals surface area contributed by atoms with Crippen LogP contribution in [0.4, 0.5) is 0 Å². The van der Waals surface area contributed by atoms with Crippen LogP contribution in [0.3, 0.4) is 0 Å². The van der Waals surface area contributed by atoms with Gasteiger partial charge in [0, 0.05) is 36.0 Å². The fourth-order valence-electron chi connectivity index (χ4n) is 4.77. The number of nitrogens with one attached hydrogen (secondary N) is 6. The molecule has 13 nitrogen and oxygen atoms in total. The lowest BCUT2D eigenvalue weighted by molar-refractivity contribution is -0.904. The molecule has 1 aromatic rings. The van der Waals surface area contributed by atoms with Gasteiger partial charge >= 0.3 is 0 Å². The Bertz CT molecular complexity index is 1100. The highest BCUT2D eigenvalue weighted by atomic mass is 16.5. The Morgan fingerprint density at radius 3 is 1.82 bits per heavy atom. The summed E-state index contributed by atoms with van der Waals surface area (Å²) in [4.78, 5) is 64.8. The van der Waals surface area contributed by atoms with Crippen molar-refractivity contribution in [2.45, 2.75) is 118 Å². The standard InChI is InChI=1S/C32H55N7O6/c1-9-12-25(37-31(43)26(13-10-2)36-29(41)23-14-16-39(45)17-15-23)30(42)35-24(18-20(4)5)19-34-22(8)28(40)38-27(21(6)7)32(44)33-11-3/h14-17,20-22,24-27,34H,9-13,18-19H2,1-8H3,(H5-,33,35,36,37,38,40,41,42,43,44,45)/p+1/t22-,24-,25-,26-,27-/m0/s1. The van der Waals surface area contributed by atoms with E-state index in [2.05, 4.69) is 31.9 Å². The van der Waals surface area contributed by atoms with Gasteiger partial charge in [0.15, 0.2) is 0 Å². The van der Waals surface area contributed by atoms with E-state index in [0.717, 1.165) is 4.73 Å². The topological polar surface area (TPSA) is 182 Å². The zero-order valence-corrected chi connectivity index (χ0v) is 28.2. The lowest BCUT2D eigenvalue weighted by Gasteiger charge is -2.28. The number of hydrogen-bond donors (Lipinski definition) is 7. The molecule has 254 valence electrons. The van der Waals surface area contributed by atoms with Crippen molar-refractivity contribution in [1.82, 2.24) is 31.9 Å². The minimum absolute atomic E-state index is 0.0939. The average molecular weight is 635 g/mol. The van der Waals surface area contributed by atoms with Crippen molar-refractivity contribution in [3.8, 4) is 0 Å². The van der Waals surface area contributed by atoms with Crippen LogP contribution < -0.4 is 36.6 Å². The van der Waals surface area contributed by atoms with E-state index in [-0.39, 0.29) is 41.2 Å². The average Bonchev–Trinajstić information content (AvgIpc) is 2.97. The van der Waals surface area contributed by atoms with Crippen molar-refractivity contribution >= 4 is 29.5 Å². The second-order valence-corrected chi connectivity index (χ2v) is 12.2. The Balaban J connectivity index is 2.91. The summed E-state index contributed by atoms with van der Waals surface area (Å²) in [5.41, 5.74) is 0.285. The molecule has 0 aliphatic carbocycles. The summed E-state index contributed by atoms with van der Waals surface area (Å²) in [6, 6.07) is -0.407. The fourth-order valence-corrected chi connectivity index (χ4v) is 4.77. The molecule has 45 heavy (non-hydrogen) atoms. The maximum Gasteiger partial charge on any atom is 0.252 e. The predicted octanol–water partition coefficient (Wildman–Crippen LogP) is 1.18. The number of hydrogen-bond acceptors (Lipinski definition) is 7. The smallest absolute Gasteiger partial charge is 0.252 e. The molecule has 0 aromatic carbocycles. The highest BCUT2D eigenvalue weighted by Crippen LogP contribution is 2.08. The van der Waals surface area contributed by atoms with Crippen LogP contribution in [0.25, 0.3) is 0 Å². The molecule has 0 bridgehead atoms. The first kappa shape index (κ1) is 39.3. The quantitative estimate of drug-likeness (QED) is 0.0830. The molecule has 5 atom stereocenters. The van der Waals surface area contributed by atoms with Gasteiger partial charge in [-0.2, -0.15) is 0 Å². The molecule has 1 heterocycles. The summed E-state index contributed by atoms with van der Waals surface area (Å²) in [7, 11) is 0. The maximum atomic E-state index is 13.5. The highest BCUT2D eigenvalue weighted by molar-refractivity contribution is 5.98. The summed E-state index contributed by atoms with van der Waals surface area (Å²) in [5.74, 6) is -1.67. The number of likely N-dealkylation sites (N-methyl/N-ethyl adjacent to an activating group) is 1. The molecule has 1 aromatic heterocycles. The Hall–Kier alpha value is -3.74. The van der Waals surface area contributed by atoms with Gasteiger partial charge in [-0.1, -0.05) is 54.4 Å². The zero-order chi connectivity index (χ0) is 34.1. The van der Waals surface area contributed by atoms with Gasteiger partial charge < -0.3 is 31.9 Å². The largest absolute Gasteiger partial charge is 0.355 e. The van der Waals surface area contributed by atoms with Crippen LogP contribution in [0.15, 0.2) is 24.5 Å². The minimum atomic E-state index is -0.849. The number of nitrogens with zero attached hydrogens (tertiary/aromatic N) is 1. The first-order valence-corrected chi connectivity index (χ1v) is 16.2. The van der Waals surface area contributed by atoms with E-state index in [1.165, 1.54) is 24.5 Å². The highest BCUT2D eigenvalue weighted by Gasteiger charge is 2.29. The fraction of sp³-hybridized carbons (Fsp3) is 0.688. The molecule has 0 saturated carbocycles. The van der Waals surface area contributed by atoms with Crippen molar-refractivity contribution in [2.24, 2.45) is 11.8 Å². The van der Waals surface area contributed by atoms with Crippen molar-refractivity contribution in [3.63, 3.8) is 0 Å². The summed E-state index contributed by atoms with van der Waals surface area (Å²) in [5, 5.41) is 26.8. The number of carbonyl (C=O) groups is 5. The second kappa shape index (κ2) is 20.3. The molecule has 1 rings (SSSR count). The molecule has 0 aliphatic heterocycles. The number of pyridine rings is 1. The first-order valence-electron chi connectivity index (χ1n) is 16.2. The van der Waals surface area contributed by atoms with Crippen molar-refractivity contribution in [1.29, 1.82) is 0 Å². The van der Waals surface area contributed by atoms with Crippen molar-refractivity contribution in [2.75, 3.05) is 13.1 Å². The Kier molecular flexibility index (Phi) is 17.7. The van der Waals surface area contributed by atoms with E-state index in [0.29, 0.717) is 45.2 Å². The molecule has 0 unspecified atom stereocenters. The van der Waals surface area contributed by atoms with Crippen molar-refractivity contribution in [3.05, 3.63) is 30.1 Å². The molecular formula is C32H56N7O6+. The van der Waals surface area contributed by atoms with Crippen LogP contribution >= 0.6 is 0 Å². The minimum Gasteiger partial charge on any atom is -0.355 e. The Morgan fingerprint density at radius 2 is 1.31 bits per heavy atom. The van der Waals surface area contributed by atoms with Crippen LogP contribution in [-0.4, -0.2) is 78.0 Å². The van der Waals surface area contributed by atoms with Gasteiger partial charge in [-0.05, 0) is 44.9 Å². The summed E-state index contributed by atoms with van der Waals surface area (Å²) < 4.78 is 0.815. The van der Waals surface area contributed by atoms with E-state index in [1.807, 2.05) is 48.5 Å². The number of amides is 5. The van der Waals surface area contributed by atoms with Crippen LogP contribution in [0.2, 0.25) is 0 Å². The third-order valence-corrected chi connectivity index (χ3v) is 7.25. The van der Waals surface area contributed by atoms with Gasteiger partial charge in [-0.25, -0.2) is 0 Å².